The molecule has 1 aromatic rings. The van der Waals surface area contributed by atoms with Gasteiger partial charge in [-0.25, -0.2) is 4.98 Å². The molecule has 1 unspecified atom stereocenters. The summed E-state index contributed by atoms with van der Waals surface area (Å²) in [5, 5.41) is 2.93. The Bertz CT molecular complexity index is 499. The van der Waals surface area contributed by atoms with E-state index in [1.807, 2.05) is 0 Å². The second-order valence-corrected chi connectivity index (χ2v) is 4.29. The van der Waals surface area contributed by atoms with E-state index in [9.17, 15) is 4.79 Å². The largest absolute Gasteiger partial charge is 0.379 e. The Labute approximate surface area is 112 Å². The van der Waals surface area contributed by atoms with Crippen molar-refractivity contribution < 1.29 is 9.53 Å². The van der Waals surface area contributed by atoms with Crippen LogP contribution in [-0.4, -0.2) is 36.7 Å². The first-order valence-corrected chi connectivity index (χ1v) is 6.34. The number of rotatable bonds is 2. The summed E-state index contributed by atoms with van der Waals surface area (Å²) in [6.07, 6.45) is 3.48. The van der Waals surface area contributed by atoms with E-state index in [1.165, 1.54) is 0 Å². The normalized spacial score (nSPS) is 18.3. The van der Waals surface area contributed by atoms with Gasteiger partial charge in [0.25, 0.3) is 5.91 Å². The maximum absolute atomic E-state index is 12.2. The summed E-state index contributed by atoms with van der Waals surface area (Å²) < 4.78 is 5.33. The van der Waals surface area contributed by atoms with E-state index >= 15 is 0 Å². The lowest BCUT2D eigenvalue weighted by atomic mass is 10.1. The molecule has 0 bridgehead atoms. The first-order valence-electron chi connectivity index (χ1n) is 6.34. The fourth-order valence-corrected chi connectivity index (χ4v) is 1.94. The smallest absolute Gasteiger partial charge is 0.271 e. The summed E-state index contributed by atoms with van der Waals surface area (Å²) in [7, 11) is 0. The predicted molar refractivity (Wildman–Crippen MR) is 71.5 cm³/mol. The van der Waals surface area contributed by atoms with E-state index in [0.29, 0.717) is 17.9 Å². The fraction of sp³-hybridized carbons (Fsp3) is 0.429. The van der Waals surface area contributed by atoms with Gasteiger partial charge in [0.1, 0.15) is 5.69 Å². The number of carbonyl (C=O) groups is 1. The second-order valence-electron chi connectivity index (χ2n) is 4.29. The quantitative estimate of drug-likeness (QED) is 0.749. The minimum Gasteiger partial charge on any atom is -0.379 e. The van der Waals surface area contributed by atoms with Crippen molar-refractivity contribution in [1.82, 2.24) is 10.3 Å². The molecule has 0 spiro atoms. The fourth-order valence-electron chi connectivity index (χ4n) is 1.94. The van der Waals surface area contributed by atoms with Crippen molar-refractivity contribution in [3.63, 3.8) is 0 Å². The van der Waals surface area contributed by atoms with Crippen LogP contribution in [0.15, 0.2) is 18.3 Å². The molecule has 0 radical (unpaired) electrons. The molecule has 0 aliphatic carbocycles. The van der Waals surface area contributed by atoms with Gasteiger partial charge in [-0.2, -0.15) is 0 Å². The van der Waals surface area contributed by atoms with Crippen LogP contribution in [0.5, 0.6) is 0 Å². The van der Waals surface area contributed by atoms with Crippen LogP contribution in [0.2, 0.25) is 0 Å². The molecule has 1 atom stereocenters. The number of pyridine rings is 1. The number of hydrogen-bond donors (Lipinski definition) is 2. The third-order valence-corrected chi connectivity index (χ3v) is 2.84. The lowest BCUT2D eigenvalue weighted by molar-refractivity contribution is 0.0622. The molecule has 100 valence electrons. The third kappa shape index (κ3) is 3.78. The summed E-state index contributed by atoms with van der Waals surface area (Å²) in [4.78, 5) is 16.3. The van der Waals surface area contributed by atoms with Crippen molar-refractivity contribution in [1.29, 1.82) is 0 Å². The molecule has 5 heteroatoms. The van der Waals surface area contributed by atoms with E-state index in [0.717, 1.165) is 19.4 Å². The first-order chi connectivity index (χ1) is 9.31. The molecule has 3 N–H and O–H groups in total. The highest BCUT2D eigenvalue weighted by Crippen LogP contribution is 2.08. The van der Waals surface area contributed by atoms with Gasteiger partial charge >= 0.3 is 0 Å². The Hall–Kier alpha value is -1.90. The molecule has 1 saturated heterocycles. The number of nitrogens with two attached hydrogens (primary N) is 1. The Morgan fingerprint density at radius 3 is 3.26 bits per heavy atom. The lowest BCUT2D eigenvalue weighted by Crippen LogP contribution is -2.41. The molecular weight excluding hydrogens is 242 g/mol. The summed E-state index contributed by atoms with van der Waals surface area (Å²) in [5.74, 6) is 5.39. The molecular formula is C14H17N3O2. The molecule has 1 aliphatic heterocycles. The van der Waals surface area contributed by atoms with Crippen LogP contribution < -0.4 is 11.1 Å². The summed E-state index contributed by atoms with van der Waals surface area (Å²) in [5.41, 5.74) is 6.28. The van der Waals surface area contributed by atoms with Gasteiger partial charge in [-0.15, -0.1) is 0 Å². The van der Waals surface area contributed by atoms with Crippen molar-refractivity contribution >= 4 is 5.91 Å². The zero-order valence-electron chi connectivity index (χ0n) is 10.7. The highest BCUT2D eigenvalue weighted by molar-refractivity contribution is 5.94. The van der Waals surface area contributed by atoms with E-state index in [1.54, 1.807) is 18.3 Å². The van der Waals surface area contributed by atoms with Crippen LogP contribution in [0, 0.1) is 11.8 Å². The number of aromatic nitrogens is 1. The Morgan fingerprint density at radius 2 is 2.53 bits per heavy atom. The number of nitrogens with one attached hydrogen (secondary N) is 1. The Balaban J connectivity index is 2.09. The molecule has 2 rings (SSSR count). The number of nitrogens with zero attached hydrogens (tertiary/aromatic N) is 1. The highest BCUT2D eigenvalue weighted by Gasteiger charge is 2.19. The van der Waals surface area contributed by atoms with Gasteiger partial charge in [0.2, 0.25) is 0 Å². The summed E-state index contributed by atoms with van der Waals surface area (Å²) in [6, 6.07) is 3.57. The number of carbonyl (C=O) groups excluding carboxylic acids is 1. The Kier molecular flexibility index (Phi) is 4.90. The maximum Gasteiger partial charge on any atom is 0.271 e. The minimum atomic E-state index is -0.211. The SMILES string of the molecule is NCC#Cc1cccnc1C(=O)NC1CCCOC1. The summed E-state index contributed by atoms with van der Waals surface area (Å²) in [6.45, 7) is 1.58. The summed E-state index contributed by atoms with van der Waals surface area (Å²) >= 11 is 0. The van der Waals surface area contributed by atoms with Gasteiger partial charge in [-0.05, 0) is 25.0 Å². The zero-order valence-corrected chi connectivity index (χ0v) is 10.7. The number of amides is 1. The van der Waals surface area contributed by atoms with Crippen LogP contribution in [0.4, 0.5) is 0 Å². The highest BCUT2D eigenvalue weighted by atomic mass is 16.5. The van der Waals surface area contributed by atoms with Gasteiger partial charge < -0.3 is 15.8 Å². The van der Waals surface area contributed by atoms with Gasteiger partial charge in [0, 0.05) is 12.8 Å². The van der Waals surface area contributed by atoms with Crippen molar-refractivity contribution in [3.05, 3.63) is 29.6 Å². The topological polar surface area (TPSA) is 77.2 Å². The average molecular weight is 259 g/mol. The van der Waals surface area contributed by atoms with Crippen molar-refractivity contribution in [2.75, 3.05) is 19.8 Å². The van der Waals surface area contributed by atoms with Gasteiger partial charge in [0.05, 0.1) is 24.8 Å². The molecule has 5 nitrogen and oxygen atoms in total. The molecule has 1 amide bonds. The molecule has 0 saturated carbocycles. The van der Waals surface area contributed by atoms with Crippen LogP contribution in [0.25, 0.3) is 0 Å². The molecule has 1 aliphatic rings. The van der Waals surface area contributed by atoms with Crippen molar-refractivity contribution in [3.8, 4) is 11.8 Å². The molecule has 2 heterocycles. The van der Waals surface area contributed by atoms with E-state index in [4.69, 9.17) is 10.5 Å². The van der Waals surface area contributed by atoms with Crippen molar-refractivity contribution in [2.24, 2.45) is 5.73 Å². The average Bonchev–Trinajstić information content (AvgIpc) is 2.46. The maximum atomic E-state index is 12.2. The van der Waals surface area contributed by atoms with Gasteiger partial charge in [-0.3, -0.25) is 4.79 Å². The van der Waals surface area contributed by atoms with E-state index in [-0.39, 0.29) is 18.5 Å². The van der Waals surface area contributed by atoms with E-state index in [2.05, 4.69) is 22.1 Å². The predicted octanol–water partition coefficient (Wildman–Crippen LogP) is 0.301. The van der Waals surface area contributed by atoms with Crippen LogP contribution in [-0.2, 0) is 4.74 Å². The standard InChI is InChI=1S/C14H17N3O2/c15-7-1-4-11-5-2-8-16-13(11)14(18)17-12-6-3-9-19-10-12/h2,5,8,12H,3,6-7,9-10,15H2,(H,17,18). The molecule has 0 aromatic carbocycles. The zero-order chi connectivity index (χ0) is 13.5. The monoisotopic (exact) mass is 259 g/mol. The van der Waals surface area contributed by atoms with Crippen LogP contribution in [0.1, 0.15) is 28.9 Å². The van der Waals surface area contributed by atoms with Gasteiger partial charge in [-0.1, -0.05) is 11.8 Å². The Morgan fingerprint density at radius 1 is 1.63 bits per heavy atom. The third-order valence-electron chi connectivity index (χ3n) is 2.84. The van der Waals surface area contributed by atoms with Crippen molar-refractivity contribution in [2.45, 2.75) is 18.9 Å². The van der Waals surface area contributed by atoms with E-state index < -0.39 is 0 Å². The molecule has 19 heavy (non-hydrogen) atoms. The number of ether oxygens (including phenoxy) is 1. The second kappa shape index (κ2) is 6.88. The van der Waals surface area contributed by atoms with Crippen LogP contribution in [0.3, 0.4) is 0 Å². The van der Waals surface area contributed by atoms with Crippen LogP contribution >= 0.6 is 0 Å². The molecule has 1 fully saturated rings. The molecule has 1 aromatic heterocycles. The first kappa shape index (κ1) is 13.5. The minimum absolute atomic E-state index is 0.0542. The number of hydrogen-bond acceptors (Lipinski definition) is 4. The lowest BCUT2D eigenvalue weighted by Gasteiger charge is -2.23. The van der Waals surface area contributed by atoms with Gasteiger partial charge in [0.15, 0.2) is 0 Å².